The van der Waals surface area contributed by atoms with E-state index in [-0.39, 0.29) is 6.54 Å². The number of benzene rings is 1. The van der Waals surface area contributed by atoms with Crippen molar-refractivity contribution in [2.75, 3.05) is 13.7 Å². The lowest BCUT2D eigenvalue weighted by molar-refractivity contribution is -0.154. The fourth-order valence-corrected chi connectivity index (χ4v) is 3.05. The van der Waals surface area contributed by atoms with Crippen molar-refractivity contribution in [1.29, 1.82) is 5.26 Å². The van der Waals surface area contributed by atoms with Crippen LogP contribution in [0.5, 0.6) is 5.75 Å². The van der Waals surface area contributed by atoms with E-state index in [2.05, 4.69) is 16.7 Å². The molecule has 0 saturated heterocycles. The van der Waals surface area contributed by atoms with E-state index in [1.54, 1.807) is 24.3 Å². The quantitative estimate of drug-likeness (QED) is 0.688. The summed E-state index contributed by atoms with van der Waals surface area (Å²) in [5, 5.41) is 14.6. The van der Waals surface area contributed by atoms with Crippen LogP contribution in [0, 0.1) is 11.3 Å². The number of ether oxygens (including phenoxy) is 2. The summed E-state index contributed by atoms with van der Waals surface area (Å²) >= 11 is 0. The van der Waals surface area contributed by atoms with Gasteiger partial charge in [0, 0.05) is 5.56 Å². The maximum absolute atomic E-state index is 12.3. The first-order valence-corrected chi connectivity index (χ1v) is 9.24. The van der Waals surface area contributed by atoms with Gasteiger partial charge in [-0.05, 0) is 44.0 Å². The Morgan fingerprint density at radius 3 is 2.39 bits per heavy atom. The molecule has 1 saturated carbocycles. The molecule has 1 aliphatic rings. The summed E-state index contributed by atoms with van der Waals surface area (Å²) in [6, 6.07) is 8.60. The molecular weight excluding hydrogens is 362 g/mol. The SMILES string of the molecule is COc1ccc(C(=O)NCC(=O)O[C@H](C)C(=O)NC2(C#N)CCCCC2)cc1. The molecule has 2 N–H and O–H groups in total. The molecule has 0 heterocycles. The number of carbonyl (C=O) groups is 3. The van der Waals surface area contributed by atoms with Gasteiger partial charge in [0.25, 0.3) is 11.8 Å². The summed E-state index contributed by atoms with van der Waals surface area (Å²) in [6.45, 7) is 1.07. The molecule has 1 atom stereocenters. The van der Waals surface area contributed by atoms with Crippen molar-refractivity contribution < 1.29 is 23.9 Å². The zero-order chi connectivity index (χ0) is 20.6. The third-order valence-corrected chi connectivity index (χ3v) is 4.71. The number of rotatable bonds is 7. The monoisotopic (exact) mass is 387 g/mol. The van der Waals surface area contributed by atoms with Crippen LogP contribution in [0.1, 0.15) is 49.4 Å². The molecule has 0 bridgehead atoms. The lowest BCUT2D eigenvalue weighted by Crippen LogP contribution is -2.52. The molecular formula is C20H25N3O5. The number of hydrogen-bond acceptors (Lipinski definition) is 6. The van der Waals surface area contributed by atoms with Crippen LogP contribution in [-0.2, 0) is 14.3 Å². The standard InChI is InChI=1S/C20H25N3O5/c1-14(18(25)23-20(13-21)10-4-3-5-11-20)28-17(24)12-22-19(26)15-6-8-16(27-2)9-7-15/h6-9,14H,3-5,10-12H2,1-2H3,(H,22,26)(H,23,25)/t14-/m1/s1. The van der Waals surface area contributed by atoms with Gasteiger partial charge in [0.1, 0.15) is 17.8 Å². The van der Waals surface area contributed by atoms with Gasteiger partial charge in [0.15, 0.2) is 6.10 Å². The zero-order valence-corrected chi connectivity index (χ0v) is 16.1. The lowest BCUT2D eigenvalue weighted by atomic mass is 9.83. The first-order valence-electron chi connectivity index (χ1n) is 9.24. The fourth-order valence-electron chi connectivity index (χ4n) is 3.05. The molecule has 2 amide bonds. The number of nitrogens with zero attached hydrogens (tertiary/aromatic N) is 1. The number of amides is 2. The van der Waals surface area contributed by atoms with E-state index in [9.17, 15) is 19.6 Å². The van der Waals surface area contributed by atoms with Crippen LogP contribution in [0.2, 0.25) is 0 Å². The Bertz CT molecular complexity index is 748. The molecule has 1 fully saturated rings. The lowest BCUT2D eigenvalue weighted by Gasteiger charge is -2.32. The van der Waals surface area contributed by atoms with Crippen LogP contribution in [0.4, 0.5) is 0 Å². The predicted molar refractivity (Wildman–Crippen MR) is 100 cm³/mol. The Kier molecular flexibility index (Phi) is 7.38. The van der Waals surface area contributed by atoms with Gasteiger partial charge in [-0.15, -0.1) is 0 Å². The normalized spacial score (nSPS) is 16.2. The van der Waals surface area contributed by atoms with Crippen molar-refractivity contribution >= 4 is 17.8 Å². The van der Waals surface area contributed by atoms with Gasteiger partial charge in [-0.25, -0.2) is 0 Å². The number of hydrogen-bond donors (Lipinski definition) is 2. The Morgan fingerprint density at radius 2 is 1.82 bits per heavy atom. The largest absolute Gasteiger partial charge is 0.497 e. The topological polar surface area (TPSA) is 118 Å². The minimum absolute atomic E-state index is 0.368. The summed E-state index contributed by atoms with van der Waals surface area (Å²) in [7, 11) is 1.52. The molecule has 0 spiro atoms. The van der Waals surface area contributed by atoms with Crippen LogP contribution in [0.25, 0.3) is 0 Å². The second-order valence-corrected chi connectivity index (χ2v) is 6.79. The van der Waals surface area contributed by atoms with Gasteiger partial charge in [-0.3, -0.25) is 14.4 Å². The highest BCUT2D eigenvalue weighted by molar-refractivity contribution is 5.96. The maximum atomic E-state index is 12.3. The van der Waals surface area contributed by atoms with E-state index in [4.69, 9.17) is 9.47 Å². The highest BCUT2D eigenvalue weighted by Crippen LogP contribution is 2.27. The van der Waals surface area contributed by atoms with Crippen molar-refractivity contribution in [2.24, 2.45) is 0 Å². The molecule has 0 aliphatic heterocycles. The van der Waals surface area contributed by atoms with E-state index < -0.39 is 29.4 Å². The Balaban J connectivity index is 1.80. The van der Waals surface area contributed by atoms with Crippen molar-refractivity contribution in [1.82, 2.24) is 10.6 Å². The summed E-state index contributed by atoms with van der Waals surface area (Å²) < 4.78 is 10.1. The molecule has 1 aromatic rings. The van der Waals surface area contributed by atoms with Gasteiger partial charge in [-0.1, -0.05) is 19.3 Å². The number of nitriles is 1. The second-order valence-electron chi connectivity index (χ2n) is 6.79. The summed E-state index contributed by atoms with van der Waals surface area (Å²) in [6.07, 6.45) is 2.91. The zero-order valence-electron chi connectivity index (χ0n) is 16.1. The number of methoxy groups -OCH3 is 1. The van der Waals surface area contributed by atoms with Crippen LogP contribution >= 0.6 is 0 Å². The van der Waals surface area contributed by atoms with Gasteiger partial charge in [0.05, 0.1) is 13.2 Å². The molecule has 0 aromatic heterocycles. The Hall–Kier alpha value is -3.08. The number of esters is 1. The highest BCUT2D eigenvalue weighted by atomic mass is 16.5. The molecule has 1 aromatic carbocycles. The molecule has 8 nitrogen and oxygen atoms in total. The van der Waals surface area contributed by atoms with Crippen LogP contribution < -0.4 is 15.4 Å². The molecule has 0 radical (unpaired) electrons. The minimum atomic E-state index is -1.06. The Morgan fingerprint density at radius 1 is 1.18 bits per heavy atom. The van der Waals surface area contributed by atoms with E-state index in [1.165, 1.54) is 14.0 Å². The van der Waals surface area contributed by atoms with Gasteiger partial charge in [-0.2, -0.15) is 5.26 Å². The fraction of sp³-hybridized carbons (Fsp3) is 0.500. The van der Waals surface area contributed by atoms with E-state index in [1.807, 2.05) is 0 Å². The van der Waals surface area contributed by atoms with E-state index >= 15 is 0 Å². The van der Waals surface area contributed by atoms with Gasteiger partial charge in [0.2, 0.25) is 0 Å². The van der Waals surface area contributed by atoms with Crippen LogP contribution in [-0.4, -0.2) is 43.1 Å². The van der Waals surface area contributed by atoms with E-state index in [0.29, 0.717) is 24.2 Å². The number of carbonyl (C=O) groups excluding carboxylic acids is 3. The second kappa shape index (κ2) is 9.74. The minimum Gasteiger partial charge on any atom is -0.497 e. The molecule has 150 valence electrons. The third-order valence-electron chi connectivity index (χ3n) is 4.71. The third kappa shape index (κ3) is 5.71. The summed E-state index contributed by atoms with van der Waals surface area (Å²) in [5.41, 5.74) is -0.522. The Labute approximate surface area is 164 Å². The first kappa shape index (κ1) is 21.2. The predicted octanol–water partition coefficient (Wildman–Crippen LogP) is 1.70. The average molecular weight is 387 g/mol. The molecule has 0 unspecified atom stereocenters. The van der Waals surface area contributed by atoms with Crippen molar-refractivity contribution in [2.45, 2.75) is 50.7 Å². The smallest absolute Gasteiger partial charge is 0.326 e. The summed E-state index contributed by atoms with van der Waals surface area (Å²) in [5.74, 6) is -1.08. The molecule has 2 rings (SSSR count). The van der Waals surface area contributed by atoms with Crippen LogP contribution in [0.15, 0.2) is 24.3 Å². The first-order chi connectivity index (χ1) is 13.4. The van der Waals surface area contributed by atoms with E-state index in [0.717, 1.165) is 19.3 Å². The van der Waals surface area contributed by atoms with Crippen molar-refractivity contribution in [3.05, 3.63) is 29.8 Å². The van der Waals surface area contributed by atoms with Gasteiger partial charge >= 0.3 is 5.97 Å². The average Bonchev–Trinajstić information content (AvgIpc) is 2.72. The van der Waals surface area contributed by atoms with Crippen LogP contribution in [0.3, 0.4) is 0 Å². The summed E-state index contributed by atoms with van der Waals surface area (Å²) in [4.78, 5) is 36.3. The molecule has 1 aliphatic carbocycles. The van der Waals surface area contributed by atoms with Crippen molar-refractivity contribution in [3.63, 3.8) is 0 Å². The highest BCUT2D eigenvalue weighted by Gasteiger charge is 2.35. The molecule has 28 heavy (non-hydrogen) atoms. The number of nitrogens with one attached hydrogen (secondary N) is 2. The maximum Gasteiger partial charge on any atom is 0.326 e. The molecule has 8 heteroatoms. The van der Waals surface area contributed by atoms with Gasteiger partial charge < -0.3 is 20.1 Å². The van der Waals surface area contributed by atoms with Crippen molar-refractivity contribution in [3.8, 4) is 11.8 Å².